The molecule has 6 nitrogen and oxygen atoms in total. The number of hydrogen-bond acceptors (Lipinski definition) is 4. The fraction of sp³-hybridized carbons (Fsp3) is 0.200. The van der Waals surface area contributed by atoms with Crippen LogP contribution in [0.15, 0.2) is 84.6 Å². The molecule has 1 unspecified atom stereocenters. The number of ether oxygens (including phenoxy) is 1. The van der Waals surface area contributed by atoms with Gasteiger partial charge in [-0.15, -0.1) is 0 Å². The maximum atomic E-state index is 13.4. The van der Waals surface area contributed by atoms with E-state index in [0.717, 1.165) is 27.6 Å². The van der Waals surface area contributed by atoms with Crippen molar-refractivity contribution in [3.63, 3.8) is 0 Å². The molecule has 0 spiro atoms. The lowest BCUT2D eigenvalue weighted by Gasteiger charge is -2.26. The van der Waals surface area contributed by atoms with E-state index < -0.39 is 17.7 Å². The van der Waals surface area contributed by atoms with Gasteiger partial charge in [0.15, 0.2) is 0 Å². The molecule has 2 heterocycles. The number of fused-ring (bicyclic) bond motifs is 1. The van der Waals surface area contributed by atoms with E-state index in [1.54, 1.807) is 13.3 Å². The summed E-state index contributed by atoms with van der Waals surface area (Å²) >= 11 is 0. The number of ketones is 1. The molecule has 5 rings (SSSR count). The van der Waals surface area contributed by atoms with Gasteiger partial charge in [-0.05, 0) is 40.8 Å². The largest absolute Gasteiger partial charge is 0.507 e. The summed E-state index contributed by atoms with van der Waals surface area (Å²) < 4.78 is 5.25. The molecular weight excluding hydrogens is 452 g/mol. The van der Waals surface area contributed by atoms with Crippen LogP contribution in [0, 0.1) is 0 Å². The van der Waals surface area contributed by atoms with E-state index in [1.807, 2.05) is 72.8 Å². The summed E-state index contributed by atoms with van der Waals surface area (Å²) in [7, 11) is 1.60. The maximum Gasteiger partial charge on any atom is 0.295 e. The van der Waals surface area contributed by atoms with Gasteiger partial charge < -0.3 is 19.7 Å². The summed E-state index contributed by atoms with van der Waals surface area (Å²) in [5, 5.41) is 12.2. The summed E-state index contributed by atoms with van der Waals surface area (Å²) in [4.78, 5) is 31.4. The van der Waals surface area contributed by atoms with E-state index in [0.29, 0.717) is 17.2 Å². The van der Waals surface area contributed by atoms with E-state index in [1.165, 1.54) is 4.90 Å². The molecule has 0 aliphatic carbocycles. The molecule has 3 aromatic carbocycles. The predicted octanol–water partition coefficient (Wildman–Crippen LogP) is 5.92. The second-order valence-electron chi connectivity index (χ2n) is 9.34. The normalized spacial score (nSPS) is 17.3. The molecule has 0 saturated carbocycles. The number of likely N-dealkylation sites (tertiary alicyclic amines) is 1. The van der Waals surface area contributed by atoms with Crippen LogP contribution in [0.25, 0.3) is 16.7 Å². The Morgan fingerprint density at radius 1 is 1.00 bits per heavy atom. The molecule has 1 aliphatic rings. The number of aliphatic hydroxyl groups excluding tert-OH is 1. The average Bonchev–Trinajstić information content (AvgIpc) is 3.44. The van der Waals surface area contributed by atoms with Gasteiger partial charge in [0.2, 0.25) is 0 Å². The Bertz CT molecular complexity index is 1460. The lowest BCUT2D eigenvalue weighted by atomic mass is 9.93. The van der Waals surface area contributed by atoms with Crippen molar-refractivity contribution in [2.75, 3.05) is 7.11 Å². The lowest BCUT2D eigenvalue weighted by Crippen LogP contribution is -2.29. The summed E-state index contributed by atoms with van der Waals surface area (Å²) in [6.07, 6.45) is 1.68. The zero-order valence-electron chi connectivity index (χ0n) is 20.5. The van der Waals surface area contributed by atoms with E-state index >= 15 is 0 Å². The van der Waals surface area contributed by atoms with Gasteiger partial charge in [0.25, 0.3) is 11.7 Å². The molecule has 0 radical (unpaired) electrons. The number of carbonyl (C=O) groups excluding carboxylic acids is 2. The first-order chi connectivity index (χ1) is 17.4. The first kappa shape index (κ1) is 23.4. The predicted molar refractivity (Wildman–Crippen MR) is 140 cm³/mol. The quantitative estimate of drug-likeness (QED) is 0.204. The first-order valence-electron chi connectivity index (χ1n) is 12.0. The topological polar surface area (TPSA) is 82.6 Å². The molecule has 1 fully saturated rings. The van der Waals surface area contributed by atoms with Crippen molar-refractivity contribution in [3.05, 3.63) is 107 Å². The van der Waals surface area contributed by atoms with Crippen LogP contribution in [0.4, 0.5) is 0 Å². The molecule has 4 aromatic rings. The average molecular weight is 481 g/mol. The fourth-order valence-electron chi connectivity index (χ4n) is 4.79. The van der Waals surface area contributed by atoms with Crippen LogP contribution in [0.1, 0.15) is 48.1 Å². The van der Waals surface area contributed by atoms with Gasteiger partial charge in [-0.3, -0.25) is 9.59 Å². The molecular formula is C30H28N2O4. The minimum Gasteiger partial charge on any atom is -0.507 e. The monoisotopic (exact) mass is 480 g/mol. The molecule has 1 atom stereocenters. The third-order valence-electron chi connectivity index (χ3n) is 6.82. The number of Topliss-reactive ketones (excluding diaryl/α,β-unsaturated/α-hetero) is 1. The van der Waals surface area contributed by atoms with Crippen molar-refractivity contribution in [1.82, 2.24) is 9.88 Å². The number of nitrogens with one attached hydrogen (secondary N) is 1. The second-order valence-corrected chi connectivity index (χ2v) is 9.34. The Kier molecular flexibility index (Phi) is 6.10. The maximum absolute atomic E-state index is 13.4. The zero-order chi connectivity index (χ0) is 25.4. The fourth-order valence-corrected chi connectivity index (χ4v) is 4.79. The van der Waals surface area contributed by atoms with Crippen molar-refractivity contribution < 1.29 is 19.4 Å². The minimum absolute atomic E-state index is 0.0931. The van der Waals surface area contributed by atoms with E-state index in [4.69, 9.17) is 4.74 Å². The van der Waals surface area contributed by atoms with Crippen molar-refractivity contribution >= 4 is 28.4 Å². The van der Waals surface area contributed by atoms with Crippen LogP contribution < -0.4 is 4.74 Å². The highest BCUT2D eigenvalue weighted by molar-refractivity contribution is 6.46. The van der Waals surface area contributed by atoms with E-state index in [-0.39, 0.29) is 17.9 Å². The molecule has 1 aliphatic heterocycles. The number of aliphatic hydroxyl groups is 1. The van der Waals surface area contributed by atoms with Gasteiger partial charge in [-0.2, -0.15) is 0 Å². The van der Waals surface area contributed by atoms with Crippen LogP contribution in [0.5, 0.6) is 5.75 Å². The Labute approximate surface area is 209 Å². The van der Waals surface area contributed by atoms with Crippen molar-refractivity contribution in [3.8, 4) is 5.75 Å². The number of rotatable bonds is 6. The van der Waals surface area contributed by atoms with Crippen LogP contribution >= 0.6 is 0 Å². The van der Waals surface area contributed by atoms with Crippen molar-refractivity contribution in [1.29, 1.82) is 0 Å². The number of nitrogens with zero attached hydrogens (tertiary/aromatic N) is 1. The third kappa shape index (κ3) is 4.05. The van der Waals surface area contributed by atoms with Crippen LogP contribution in [-0.4, -0.2) is 33.8 Å². The summed E-state index contributed by atoms with van der Waals surface area (Å²) in [5.41, 5.74) is 4.21. The van der Waals surface area contributed by atoms with Gasteiger partial charge in [0.1, 0.15) is 11.5 Å². The molecule has 1 aromatic heterocycles. The van der Waals surface area contributed by atoms with E-state index in [2.05, 4.69) is 18.8 Å². The number of carbonyl (C=O) groups is 2. The van der Waals surface area contributed by atoms with E-state index in [9.17, 15) is 14.7 Å². The van der Waals surface area contributed by atoms with Crippen LogP contribution in [0.3, 0.4) is 0 Å². The first-order valence-corrected chi connectivity index (χ1v) is 12.0. The number of aromatic amines is 1. The van der Waals surface area contributed by atoms with Gasteiger partial charge >= 0.3 is 0 Å². The molecule has 36 heavy (non-hydrogen) atoms. The van der Waals surface area contributed by atoms with Gasteiger partial charge in [0, 0.05) is 29.2 Å². The molecule has 0 bridgehead atoms. The third-order valence-corrected chi connectivity index (χ3v) is 6.82. The number of aromatic nitrogens is 1. The summed E-state index contributed by atoms with van der Waals surface area (Å²) in [6.45, 7) is 4.44. The van der Waals surface area contributed by atoms with Crippen LogP contribution in [-0.2, 0) is 16.1 Å². The van der Waals surface area contributed by atoms with Gasteiger partial charge in [0.05, 0.1) is 18.7 Å². The summed E-state index contributed by atoms with van der Waals surface area (Å²) in [5.74, 6) is -0.452. The Hall–Kier alpha value is -4.32. The highest BCUT2D eigenvalue weighted by atomic mass is 16.5. The number of methoxy groups -OCH3 is 1. The number of benzene rings is 3. The SMILES string of the molecule is COc1ccc(CN2C(=O)C(=O)/C(=C(\O)c3c[nH]c4ccccc34)C2c2ccc(C(C)C)cc2)cc1. The van der Waals surface area contributed by atoms with Gasteiger partial charge in [-0.1, -0.05) is 68.4 Å². The zero-order valence-corrected chi connectivity index (χ0v) is 20.5. The smallest absolute Gasteiger partial charge is 0.295 e. The second kappa shape index (κ2) is 9.38. The Morgan fingerprint density at radius 3 is 2.36 bits per heavy atom. The number of hydrogen-bond donors (Lipinski definition) is 2. The molecule has 2 N–H and O–H groups in total. The molecule has 6 heteroatoms. The standard InChI is InChI=1S/C30H28N2O4/c1-18(2)20-10-12-21(13-11-20)27-26(28(33)24-16-31-25-7-5-4-6-23(24)25)29(34)30(35)32(27)17-19-8-14-22(36-3)15-9-19/h4-16,18,27,31,33H,17H2,1-3H3/b28-26-. The molecule has 182 valence electrons. The lowest BCUT2D eigenvalue weighted by molar-refractivity contribution is -0.140. The Morgan fingerprint density at radius 2 is 1.69 bits per heavy atom. The number of amides is 1. The highest BCUT2D eigenvalue weighted by Gasteiger charge is 2.46. The minimum atomic E-state index is -0.720. The number of para-hydroxylation sites is 1. The van der Waals surface area contributed by atoms with Crippen molar-refractivity contribution in [2.45, 2.75) is 32.4 Å². The number of H-pyrrole nitrogens is 1. The molecule has 1 saturated heterocycles. The van der Waals surface area contributed by atoms with Gasteiger partial charge in [-0.25, -0.2) is 0 Å². The van der Waals surface area contributed by atoms with Crippen LogP contribution in [0.2, 0.25) is 0 Å². The Balaban J connectivity index is 1.64. The highest BCUT2D eigenvalue weighted by Crippen LogP contribution is 2.41. The molecule has 1 amide bonds. The van der Waals surface area contributed by atoms with Crippen molar-refractivity contribution in [2.24, 2.45) is 0 Å². The summed E-state index contributed by atoms with van der Waals surface area (Å²) in [6, 6.07) is 22.1.